The summed E-state index contributed by atoms with van der Waals surface area (Å²) in [6.45, 7) is 3.39. The molecule has 1 aliphatic carbocycles. The largest absolute Gasteiger partial charge is 0.312 e. The van der Waals surface area contributed by atoms with Crippen LogP contribution in [0.15, 0.2) is 17.1 Å². The Kier molecular flexibility index (Phi) is 4.93. The molecule has 0 saturated heterocycles. The molecule has 100 valence electrons. The monoisotopic (exact) mass is 249 g/mol. The van der Waals surface area contributed by atoms with Crippen molar-refractivity contribution in [1.29, 1.82) is 0 Å². The summed E-state index contributed by atoms with van der Waals surface area (Å²) in [7, 11) is 0. The minimum absolute atomic E-state index is 0.00216. The topological polar surface area (TPSA) is 46.9 Å². The molecule has 0 spiro atoms. The Morgan fingerprint density at radius 2 is 2.06 bits per heavy atom. The highest BCUT2D eigenvalue weighted by Crippen LogP contribution is 2.16. The summed E-state index contributed by atoms with van der Waals surface area (Å²) >= 11 is 0. The minimum atomic E-state index is -0.00216. The van der Waals surface area contributed by atoms with Gasteiger partial charge in [-0.2, -0.15) is 5.10 Å². The molecule has 2 rings (SSSR count). The van der Waals surface area contributed by atoms with Crippen LogP contribution in [-0.2, 0) is 6.54 Å². The number of aromatic nitrogens is 2. The van der Waals surface area contributed by atoms with Gasteiger partial charge in [0, 0.05) is 18.7 Å². The Morgan fingerprint density at radius 1 is 1.33 bits per heavy atom. The lowest BCUT2D eigenvalue weighted by Crippen LogP contribution is -2.34. The lowest BCUT2D eigenvalue weighted by Gasteiger charge is -2.16. The summed E-state index contributed by atoms with van der Waals surface area (Å²) in [6, 6.07) is 2.27. The Labute approximate surface area is 108 Å². The second kappa shape index (κ2) is 6.69. The molecule has 0 bridgehead atoms. The normalized spacial score (nSPS) is 17.6. The van der Waals surface area contributed by atoms with Gasteiger partial charge >= 0.3 is 0 Å². The van der Waals surface area contributed by atoms with Crippen LogP contribution < -0.4 is 10.9 Å². The lowest BCUT2D eigenvalue weighted by atomic mass is 10.1. The van der Waals surface area contributed by atoms with E-state index >= 15 is 0 Å². The van der Waals surface area contributed by atoms with Gasteiger partial charge in [0.15, 0.2) is 0 Å². The molecule has 1 saturated carbocycles. The van der Waals surface area contributed by atoms with Crippen LogP contribution in [-0.4, -0.2) is 22.4 Å². The highest BCUT2D eigenvalue weighted by Gasteiger charge is 2.11. The number of rotatable bonds is 4. The van der Waals surface area contributed by atoms with Crippen molar-refractivity contribution < 1.29 is 0 Å². The summed E-state index contributed by atoms with van der Waals surface area (Å²) < 4.78 is 1.54. The first-order chi connectivity index (χ1) is 8.75. The highest BCUT2D eigenvalue weighted by atomic mass is 16.1. The smallest absolute Gasteiger partial charge is 0.267 e. The molecule has 0 aliphatic heterocycles. The van der Waals surface area contributed by atoms with Crippen LogP contribution in [0.25, 0.3) is 0 Å². The van der Waals surface area contributed by atoms with E-state index in [9.17, 15) is 4.79 Å². The van der Waals surface area contributed by atoms with E-state index in [1.165, 1.54) is 43.2 Å². The van der Waals surface area contributed by atoms with Crippen molar-refractivity contribution >= 4 is 0 Å². The van der Waals surface area contributed by atoms with Crippen LogP contribution in [0.1, 0.15) is 44.1 Å². The van der Waals surface area contributed by atoms with Gasteiger partial charge in [-0.25, -0.2) is 4.68 Å². The second-order valence-corrected chi connectivity index (χ2v) is 5.24. The minimum Gasteiger partial charge on any atom is -0.312 e. The summed E-state index contributed by atoms with van der Waals surface area (Å²) in [5.74, 6) is 0. The van der Waals surface area contributed by atoms with E-state index in [0.717, 1.165) is 12.1 Å². The maximum absolute atomic E-state index is 11.6. The number of aryl methyl sites for hydroxylation is 1. The Balaban J connectivity index is 1.79. The maximum atomic E-state index is 11.6. The first-order valence-electron chi connectivity index (χ1n) is 7.03. The Hall–Kier alpha value is -1.16. The molecule has 0 atom stereocenters. The molecule has 4 nitrogen and oxygen atoms in total. The third-order valence-corrected chi connectivity index (χ3v) is 3.62. The van der Waals surface area contributed by atoms with E-state index in [-0.39, 0.29) is 5.56 Å². The fourth-order valence-corrected chi connectivity index (χ4v) is 2.55. The highest BCUT2D eigenvalue weighted by molar-refractivity contribution is 5.02. The maximum Gasteiger partial charge on any atom is 0.267 e. The zero-order valence-electron chi connectivity index (χ0n) is 11.2. The molecule has 1 N–H and O–H groups in total. The van der Waals surface area contributed by atoms with Crippen LogP contribution in [0.5, 0.6) is 0 Å². The van der Waals surface area contributed by atoms with Gasteiger partial charge in [0.25, 0.3) is 5.56 Å². The van der Waals surface area contributed by atoms with Gasteiger partial charge in [-0.3, -0.25) is 4.79 Å². The van der Waals surface area contributed by atoms with E-state index < -0.39 is 0 Å². The van der Waals surface area contributed by atoms with Crippen LogP contribution in [0.4, 0.5) is 0 Å². The van der Waals surface area contributed by atoms with Crippen molar-refractivity contribution in [2.45, 2.75) is 58.0 Å². The second-order valence-electron chi connectivity index (χ2n) is 5.24. The fraction of sp³-hybridized carbons (Fsp3) is 0.714. The number of hydrogen-bond donors (Lipinski definition) is 1. The molecule has 0 radical (unpaired) electrons. The molecule has 1 aromatic rings. The van der Waals surface area contributed by atoms with E-state index in [4.69, 9.17) is 0 Å². The number of nitrogens with zero attached hydrogens (tertiary/aromatic N) is 2. The predicted molar refractivity (Wildman–Crippen MR) is 72.7 cm³/mol. The molecular formula is C14H23N3O. The quantitative estimate of drug-likeness (QED) is 0.829. The predicted octanol–water partition coefficient (Wildman–Crippen LogP) is 1.86. The third kappa shape index (κ3) is 3.95. The zero-order chi connectivity index (χ0) is 12.8. The van der Waals surface area contributed by atoms with Crippen LogP contribution in [0.2, 0.25) is 0 Å². The van der Waals surface area contributed by atoms with Gasteiger partial charge in [-0.15, -0.1) is 0 Å². The van der Waals surface area contributed by atoms with Crippen molar-refractivity contribution in [3.8, 4) is 0 Å². The molecule has 1 fully saturated rings. The van der Waals surface area contributed by atoms with Gasteiger partial charge in [0.1, 0.15) is 0 Å². The molecule has 1 aromatic heterocycles. The van der Waals surface area contributed by atoms with E-state index in [2.05, 4.69) is 10.4 Å². The van der Waals surface area contributed by atoms with Crippen LogP contribution in [0.3, 0.4) is 0 Å². The summed E-state index contributed by atoms with van der Waals surface area (Å²) in [4.78, 5) is 11.6. The number of nitrogens with one attached hydrogen (secondary N) is 1. The third-order valence-electron chi connectivity index (χ3n) is 3.62. The molecule has 4 heteroatoms. The summed E-state index contributed by atoms with van der Waals surface area (Å²) in [6.07, 6.45) is 9.70. The van der Waals surface area contributed by atoms with Crippen LogP contribution >= 0.6 is 0 Å². The van der Waals surface area contributed by atoms with E-state index in [1.54, 1.807) is 12.3 Å². The Morgan fingerprint density at radius 3 is 2.72 bits per heavy atom. The SMILES string of the molecule is Cc1cnn(CCNC2CCCCCC2)c(=O)c1. The average molecular weight is 249 g/mol. The van der Waals surface area contributed by atoms with Crippen molar-refractivity contribution in [3.63, 3.8) is 0 Å². The first-order valence-corrected chi connectivity index (χ1v) is 7.03. The van der Waals surface area contributed by atoms with Gasteiger partial charge in [0.05, 0.1) is 12.7 Å². The fourth-order valence-electron chi connectivity index (χ4n) is 2.55. The first kappa shape index (κ1) is 13.3. The van der Waals surface area contributed by atoms with Gasteiger partial charge in [0.2, 0.25) is 0 Å². The Bertz CT molecular complexity index is 419. The van der Waals surface area contributed by atoms with Crippen molar-refractivity contribution in [1.82, 2.24) is 15.1 Å². The van der Waals surface area contributed by atoms with Gasteiger partial charge in [-0.1, -0.05) is 25.7 Å². The van der Waals surface area contributed by atoms with Crippen molar-refractivity contribution in [3.05, 3.63) is 28.2 Å². The van der Waals surface area contributed by atoms with Crippen molar-refractivity contribution in [2.24, 2.45) is 0 Å². The van der Waals surface area contributed by atoms with Gasteiger partial charge in [-0.05, 0) is 25.3 Å². The lowest BCUT2D eigenvalue weighted by molar-refractivity contribution is 0.431. The molecular weight excluding hydrogens is 226 g/mol. The summed E-state index contributed by atoms with van der Waals surface area (Å²) in [5, 5.41) is 7.70. The molecule has 1 aliphatic rings. The van der Waals surface area contributed by atoms with E-state index in [0.29, 0.717) is 12.6 Å². The van der Waals surface area contributed by atoms with Crippen LogP contribution in [0, 0.1) is 6.92 Å². The summed E-state index contributed by atoms with van der Waals surface area (Å²) in [5.41, 5.74) is 0.922. The molecule has 0 aromatic carbocycles. The molecule has 0 amide bonds. The van der Waals surface area contributed by atoms with E-state index in [1.807, 2.05) is 6.92 Å². The van der Waals surface area contributed by atoms with Gasteiger partial charge < -0.3 is 5.32 Å². The molecule has 0 unspecified atom stereocenters. The standard InChI is InChI=1S/C14H23N3O/c1-12-10-14(18)17(16-11-12)9-8-15-13-6-4-2-3-5-7-13/h10-11,13,15H,2-9H2,1H3. The average Bonchev–Trinajstić information content (AvgIpc) is 2.60. The molecule has 1 heterocycles. The zero-order valence-corrected chi connectivity index (χ0v) is 11.2. The van der Waals surface area contributed by atoms with Crippen molar-refractivity contribution in [2.75, 3.05) is 6.54 Å². The molecule has 18 heavy (non-hydrogen) atoms. The number of hydrogen-bond acceptors (Lipinski definition) is 3.